The Morgan fingerprint density at radius 3 is 2.38 bits per heavy atom. The van der Waals surface area contributed by atoms with Crippen molar-refractivity contribution in [1.29, 1.82) is 0 Å². The maximum Gasteiger partial charge on any atom is 0.316 e. The molecule has 2 N–H and O–H groups in total. The summed E-state index contributed by atoms with van der Waals surface area (Å²) in [4.78, 5) is 57.7. The molecular formula is C30H30N4O5. The number of benzene rings is 3. The molecule has 3 aromatic carbocycles. The predicted molar refractivity (Wildman–Crippen MR) is 148 cm³/mol. The van der Waals surface area contributed by atoms with Gasteiger partial charge in [0.25, 0.3) is 5.91 Å². The average molecular weight is 527 g/mol. The Bertz CT molecular complexity index is 1400. The van der Waals surface area contributed by atoms with E-state index in [0.29, 0.717) is 22.5 Å². The van der Waals surface area contributed by atoms with Gasteiger partial charge in [0.1, 0.15) is 0 Å². The molecule has 3 amide bonds. The highest BCUT2D eigenvalue weighted by molar-refractivity contribution is 6.21. The quantitative estimate of drug-likeness (QED) is 0.326. The number of carbonyl (C=O) groups is 4. The average Bonchev–Trinajstić information content (AvgIpc) is 3.04. The summed E-state index contributed by atoms with van der Waals surface area (Å²) in [6.45, 7) is 3.58. The summed E-state index contributed by atoms with van der Waals surface area (Å²) in [5.74, 6) is -1.24. The predicted octanol–water partition coefficient (Wildman–Crippen LogP) is 3.64. The number of para-hydroxylation sites is 1. The lowest BCUT2D eigenvalue weighted by molar-refractivity contribution is -0.142. The Morgan fingerprint density at radius 1 is 0.949 bits per heavy atom. The first-order chi connectivity index (χ1) is 18.9. The van der Waals surface area contributed by atoms with E-state index in [1.165, 1.54) is 4.90 Å². The summed E-state index contributed by atoms with van der Waals surface area (Å²) in [6.07, 6.45) is -1.33. The van der Waals surface area contributed by atoms with E-state index in [4.69, 9.17) is 4.74 Å². The van der Waals surface area contributed by atoms with Gasteiger partial charge < -0.3 is 20.3 Å². The molecule has 0 bridgehead atoms. The van der Waals surface area contributed by atoms with Crippen molar-refractivity contribution in [2.75, 3.05) is 24.6 Å². The zero-order valence-electron chi connectivity index (χ0n) is 21.8. The molecule has 3 aromatic rings. The molecule has 1 aliphatic rings. The van der Waals surface area contributed by atoms with Crippen LogP contribution in [0.4, 0.5) is 10.5 Å². The molecule has 0 aliphatic carbocycles. The fourth-order valence-corrected chi connectivity index (χ4v) is 4.31. The van der Waals surface area contributed by atoms with E-state index in [1.807, 2.05) is 61.5 Å². The summed E-state index contributed by atoms with van der Waals surface area (Å²) in [6, 6.07) is 23.1. The van der Waals surface area contributed by atoms with Crippen LogP contribution in [0.5, 0.6) is 0 Å². The molecule has 1 unspecified atom stereocenters. The maximum absolute atomic E-state index is 13.9. The zero-order chi connectivity index (χ0) is 27.8. The molecule has 4 rings (SSSR count). The molecule has 0 spiro atoms. The number of benzodiazepines with no additional fused rings is 1. The van der Waals surface area contributed by atoms with Gasteiger partial charge in [0.2, 0.25) is 6.17 Å². The molecule has 39 heavy (non-hydrogen) atoms. The number of amides is 3. The van der Waals surface area contributed by atoms with E-state index >= 15 is 0 Å². The number of aryl methyl sites for hydroxylation is 1. The van der Waals surface area contributed by atoms with Gasteiger partial charge in [-0.2, -0.15) is 0 Å². The second-order valence-corrected chi connectivity index (χ2v) is 8.88. The van der Waals surface area contributed by atoms with Crippen molar-refractivity contribution in [3.63, 3.8) is 0 Å². The number of hydrogen-bond acceptors (Lipinski definition) is 6. The van der Waals surface area contributed by atoms with Gasteiger partial charge in [-0.25, -0.2) is 9.79 Å². The van der Waals surface area contributed by atoms with Crippen LogP contribution in [0, 0.1) is 6.92 Å². The molecule has 9 nitrogen and oxygen atoms in total. The second-order valence-electron chi connectivity index (χ2n) is 8.88. The molecule has 200 valence electrons. The summed E-state index contributed by atoms with van der Waals surface area (Å²) >= 11 is 0. The molecular weight excluding hydrogens is 496 g/mol. The fraction of sp³-hybridized carbons (Fsp3) is 0.233. The molecule has 1 atom stereocenters. The van der Waals surface area contributed by atoms with Gasteiger partial charge in [-0.15, -0.1) is 0 Å². The first-order valence-electron chi connectivity index (χ1n) is 12.7. The Labute approximate surface area is 226 Å². The van der Waals surface area contributed by atoms with Crippen LogP contribution < -0.4 is 15.5 Å². The van der Waals surface area contributed by atoms with E-state index in [0.717, 1.165) is 11.1 Å². The summed E-state index contributed by atoms with van der Waals surface area (Å²) in [5.41, 5.74) is 3.73. The number of nitrogens with zero attached hydrogens (tertiary/aromatic N) is 2. The molecule has 1 aliphatic heterocycles. The number of anilines is 1. The topological polar surface area (TPSA) is 117 Å². The van der Waals surface area contributed by atoms with Crippen LogP contribution in [-0.2, 0) is 14.3 Å². The third-order valence-electron chi connectivity index (χ3n) is 6.19. The lowest BCUT2D eigenvalue weighted by Crippen LogP contribution is -2.51. The van der Waals surface area contributed by atoms with E-state index in [2.05, 4.69) is 15.6 Å². The third kappa shape index (κ3) is 6.56. The van der Waals surface area contributed by atoms with Crippen LogP contribution in [0.15, 0.2) is 83.9 Å². The standard InChI is InChI=1S/C30H30N4O5/c1-3-39-26(36)17-18-31-30(38)33-28-29(37)34(19-25(35)22-14-8-7-11-20(22)2)24-16-10-9-15-23(24)27(32-28)21-12-5-4-6-13-21/h4-16,28H,3,17-19H2,1-2H3,(H2,31,33,38). The Hall–Kier alpha value is -4.79. The van der Waals surface area contributed by atoms with Gasteiger partial charge in [-0.3, -0.25) is 14.4 Å². The number of ether oxygens (including phenoxy) is 1. The Morgan fingerprint density at radius 2 is 1.64 bits per heavy atom. The first-order valence-corrected chi connectivity index (χ1v) is 12.7. The molecule has 0 fully saturated rings. The zero-order valence-corrected chi connectivity index (χ0v) is 21.8. The van der Waals surface area contributed by atoms with Crippen molar-refractivity contribution in [3.8, 4) is 0 Å². The lowest BCUT2D eigenvalue weighted by Gasteiger charge is -2.25. The van der Waals surface area contributed by atoms with Crippen LogP contribution in [0.25, 0.3) is 0 Å². The maximum atomic E-state index is 13.9. The second kappa shape index (κ2) is 12.6. The number of esters is 1. The van der Waals surface area contributed by atoms with Gasteiger partial charge in [0, 0.05) is 23.2 Å². The summed E-state index contributed by atoms with van der Waals surface area (Å²) in [7, 11) is 0. The van der Waals surface area contributed by atoms with E-state index in [9.17, 15) is 19.2 Å². The highest BCUT2D eigenvalue weighted by Crippen LogP contribution is 2.28. The van der Waals surface area contributed by atoms with Crippen molar-refractivity contribution in [2.24, 2.45) is 4.99 Å². The molecule has 0 saturated carbocycles. The lowest BCUT2D eigenvalue weighted by atomic mass is 9.99. The van der Waals surface area contributed by atoms with Gasteiger partial charge in [-0.1, -0.05) is 72.8 Å². The number of Topliss-reactive ketones (excluding diaryl/α,β-unsaturated/α-hetero) is 1. The highest BCUT2D eigenvalue weighted by Gasteiger charge is 2.34. The van der Waals surface area contributed by atoms with E-state index < -0.39 is 24.1 Å². The van der Waals surface area contributed by atoms with Gasteiger partial charge in [0.15, 0.2) is 5.78 Å². The first kappa shape index (κ1) is 27.3. The SMILES string of the molecule is CCOC(=O)CCNC(=O)NC1N=C(c2ccccc2)c2ccccc2N(CC(=O)c2ccccc2C)C1=O. The van der Waals surface area contributed by atoms with Gasteiger partial charge >= 0.3 is 12.0 Å². The van der Waals surface area contributed by atoms with Crippen molar-refractivity contribution in [3.05, 3.63) is 101 Å². The van der Waals surface area contributed by atoms with Crippen LogP contribution >= 0.6 is 0 Å². The Balaban J connectivity index is 1.68. The number of urea groups is 1. The number of rotatable bonds is 9. The van der Waals surface area contributed by atoms with E-state index in [-0.39, 0.29) is 31.9 Å². The Kier molecular flexibility index (Phi) is 8.83. The number of hydrogen-bond donors (Lipinski definition) is 2. The number of carbonyl (C=O) groups excluding carboxylic acids is 4. The smallest absolute Gasteiger partial charge is 0.316 e. The molecule has 9 heteroatoms. The van der Waals surface area contributed by atoms with Crippen LogP contribution in [0.2, 0.25) is 0 Å². The third-order valence-corrected chi connectivity index (χ3v) is 6.19. The van der Waals surface area contributed by atoms with Crippen LogP contribution in [0.1, 0.15) is 40.4 Å². The minimum absolute atomic E-state index is 0.0130. The van der Waals surface area contributed by atoms with Crippen molar-refractivity contribution >= 4 is 35.1 Å². The largest absolute Gasteiger partial charge is 0.466 e. The molecule has 1 heterocycles. The summed E-state index contributed by atoms with van der Waals surface area (Å²) in [5, 5.41) is 5.18. The van der Waals surface area contributed by atoms with Crippen LogP contribution in [0.3, 0.4) is 0 Å². The minimum Gasteiger partial charge on any atom is -0.466 e. The highest BCUT2D eigenvalue weighted by atomic mass is 16.5. The van der Waals surface area contributed by atoms with Crippen LogP contribution in [-0.4, -0.2) is 55.3 Å². The van der Waals surface area contributed by atoms with E-state index in [1.54, 1.807) is 31.2 Å². The summed E-state index contributed by atoms with van der Waals surface area (Å²) < 4.78 is 4.88. The van der Waals surface area contributed by atoms with Gasteiger partial charge in [-0.05, 0) is 25.5 Å². The molecule has 0 aromatic heterocycles. The fourth-order valence-electron chi connectivity index (χ4n) is 4.31. The number of nitrogens with one attached hydrogen (secondary N) is 2. The molecule has 0 radical (unpaired) electrons. The number of ketones is 1. The van der Waals surface area contributed by atoms with Crippen molar-refractivity contribution in [2.45, 2.75) is 26.4 Å². The van der Waals surface area contributed by atoms with Crippen molar-refractivity contribution in [1.82, 2.24) is 10.6 Å². The van der Waals surface area contributed by atoms with Crippen molar-refractivity contribution < 1.29 is 23.9 Å². The normalized spacial score (nSPS) is 14.5. The number of aliphatic imine (C=N–C) groups is 1. The number of fused-ring (bicyclic) bond motifs is 1. The van der Waals surface area contributed by atoms with Gasteiger partial charge in [0.05, 0.1) is 31.0 Å². The molecule has 0 saturated heterocycles. The monoisotopic (exact) mass is 526 g/mol. The minimum atomic E-state index is -1.32.